The molecule has 7 heteroatoms. The minimum Gasteiger partial charge on any atom is -0.435 e. The zero-order valence-electron chi connectivity index (χ0n) is 10.9. The van der Waals surface area contributed by atoms with Crippen molar-refractivity contribution in [3.8, 4) is 5.75 Å². The first-order chi connectivity index (χ1) is 9.52. The molecule has 0 saturated heterocycles. The SMILES string of the molecule is COCC(Br)CCNC(=O)c1ccc(OC(F)F)cc1. The molecule has 0 radical (unpaired) electrons. The fourth-order valence-electron chi connectivity index (χ4n) is 1.50. The average Bonchev–Trinajstić information content (AvgIpc) is 2.39. The maximum atomic E-state index is 12.0. The summed E-state index contributed by atoms with van der Waals surface area (Å²) in [7, 11) is 1.61. The number of carbonyl (C=O) groups is 1. The summed E-state index contributed by atoms with van der Waals surface area (Å²) in [6, 6.07) is 5.54. The smallest absolute Gasteiger partial charge is 0.387 e. The third-order valence-corrected chi connectivity index (χ3v) is 3.15. The molecule has 0 fully saturated rings. The molecule has 1 rings (SSSR count). The van der Waals surface area contributed by atoms with Gasteiger partial charge in [0.05, 0.1) is 6.61 Å². The van der Waals surface area contributed by atoms with Crippen LogP contribution in [0, 0.1) is 0 Å². The van der Waals surface area contributed by atoms with Crippen LogP contribution in [0.15, 0.2) is 24.3 Å². The number of hydrogen-bond donors (Lipinski definition) is 1. The molecule has 1 amide bonds. The molecule has 0 saturated carbocycles. The minimum atomic E-state index is -2.87. The van der Waals surface area contributed by atoms with E-state index in [1.807, 2.05) is 0 Å². The highest BCUT2D eigenvalue weighted by atomic mass is 79.9. The number of methoxy groups -OCH3 is 1. The van der Waals surface area contributed by atoms with E-state index in [-0.39, 0.29) is 16.5 Å². The molecule has 0 bridgehead atoms. The van der Waals surface area contributed by atoms with Gasteiger partial charge in [-0.25, -0.2) is 0 Å². The van der Waals surface area contributed by atoms with E-state index in [1.54, 1.807) is 7.11 Å². The fourth-order valence-corrected chi connectivity index (χ4v) is 1.99. The summed E-state index contributed by atoms with van der Waals surface area (Å²) in [4.78, 5) is 11.9. The maximum Gasteiger partial charge on any atom is 0.387 e. The topological polar surface area (TPSA) is 47.6 Å². The second-order valence-corrected chi connectivity index (χ2v) is 5.30. The van der Waals surface area contributed by atoms with E-state index in [9.17, 15) is 13.6 Å². The Morgan fingerprint density at radius 1 is 1.35 bits per heavy atom. The Kier molecular flexibility index (Phi) is 7.46. The monoisotopic (exact) mass is 351 g/mol. The molecule has 20 heavy (non-hydrogen) atoms. The van der Waals surface area contributed by atoms with Gasteiger partial charge < -0.3 is 14.8 Å². The van der Waals surface area contributed by atoms with Crippen LogP contribution in [0.2, 0.25) is 0 Å². The molecule has 0 aliphatic heterocycles. The Morgan fingerprint density at radius 2 is 2.00 bits per heavy atom. The zero-order chi connectivity index (χ0) is 15.0. The molecule has 0 aliphatic carbocycles. The van der Waals surface area contributed by atoms with Gasteiger partial charge in [-0.2, -0.15) is 8.78 Å². The lowest BCUT2D eigenvalue weighted by Gasteiger charge is -2.10. The lowest BCUT2D eigenvalue weighted by atomic mass is 10.2. The van der Waals surface area contributed by atoms with Gasteiger partial charge in [0, 0.05) is 24.0 Å². The molecule has 1 atom stereocenters. The highest BCUT2D eigenvalue weighted by Gasteiger charge is 2.09. The number of alkyl halides is 3. The number of carbonyl (C=O) groups excluding carboxylic acids is 1. The van der Waals surface area contributed by atoms with Crippen molar-refractivity contribution in [3.63, 3.8) is 0 Å². The number of halogens is 3. The van der Waals surface area contributed by atoms with Crippen LogP contribution in [0.5, 0.6) is 5.75 Å². The number of benzene rings is 1. The van der Waals surface area contributed by atoms with Gasteiger partial charge in [0.15, 0.2) is 0 Å². The first-order valence-corrected chi connectivity index (χ1v) is 6.90. The van der Waals surface area contributed by atoms with Gasteiger partial charge in [0.25, 0.3) is 5.91 Å². The Bertz CT molecular complexity index is 415. The van der Waals surface area contributed by atoms with Crippen molar-refractivity contribution in [3.05, 3.63) is 29.8 Å². The molecule has 1 unspecified atom stereocenters. The van der Waals surface area contributed by atoms with Crippen LogP contribution in [-0.2, 0) is 4.74 Å². The summed E-state index contributed by atoms with van der Waals surface area (Å²) in [5, 5.41) is 2.74. The highest BCUT2D eigenvalue weighted by Crippen LogP contribution is 2.14. The summed E-state index contributed by atoms with van der Waals surface area (Å²) < 4.78 is 33.1. The van der Waals surface area contributed by atoms with Crippen LogP contribution < -0.4 is 10.1 Å². The van der Waals surface area contributed by atoms with Crippen LogP contribution in [0.25, 0.3) is 0 Å². The second kappa shape index (κ2) is 8.86. The lowest BCUT2D eigenvalue weighted by molar-refractivity contribution is -0.0498. The average molecular weight is 352 g/mol. The van der Waals surface area contributed by atoms with E-state index in [4.69, 9.17) is 4.74 Å². The summed E-state index contributed by atoms with van der Waals surface area (Å²) in [6.45, 7) is -1.81. The van der Waals surface area contributed by atoms with Crippen molar-refractivity contribution < 1.29 is 23.0 Å². The number of hydrogen-bond acceptors (Lipinski definition) is 3. The molecule has 0 heterocycles. The van der Waals surface area contributed by atoms with Gasteiger partial charge in [-0.15, -0.1) is 0 Å². The van der Waals surface area contributed by atoms with Gasteiger partial charge in [-0.3, -0.25) is 4.79 Å². The van der Waals surface area contributed by atoms with Gasteiger partial charge in [0.2, 0.25) is 0 Å². The van der Waals surface area contributed by atoms with Crippen molar-refractivity contribution >= 4 is 21.8 Å². The van der Waals surface area contributed by atoms with E-state index < -0.39 is 6.61 Å². The summed E-state index contributed by atoms with van der Waals surface area (Å²) in [5.41, 5.74) is 0.393. The van der Waals surface area contributed by atoms with Crippen LogP contribution in [0.3, 0.4) is 0 Å². The first kappa shape index (κ1) is 16.8. The Morgan fingerprint density at radius 3 is 2.55 bits per heavy atom. The van der Waals surface area contributed by atoms with Crippen LogP contribution >= 0.6 is 15.9 Å². The molecular weight excluding hydrogens is 336 g/mol. The van der Waals surface area contributed by atoms with E-state index in [0.29, 0.717) is 18.7 Å². The van der Waals surface area contributed by atoms with Gasteiger partial charge in [-0.05, 0) is 30.7 Å². The van der Waals surface area contributed by atoms with E-state index in [1.165, 1.54) is 24.3 Å². The Hall–Kier alpha value is -1.21. The summed E-state index contributed by atoms with van der Waals surface area (Å²) >= 11 is 3.41. The van der Waals surface area contributed by atoms with Gasteiger partial charge in [-0.1, -0.05) is 15.9 Å². The van der Waals surface area contributed by atoms with Crippen molar-refractivity contribution in [2.45, 2.75) is 17.9 Å². The Balaban J connectivity index is 2.39. The molecule has 0 aromatic heterocycles. The predicted octanol–water partition coefficient (Wildman–Crippen LogP) is 2.82. The summed E-state index contributed by atoms with van der Waals surface area (Å²) in [6.07, 6.45) is 0.728. The quantitative estimate of drug-likeness (QED) is 0.732. The summed E-state index contributed by atoms with van der Waals surface area (Å²) in [5.74, 6) is -0.233. The van der Waals surface area contributed by atoms with Crippen LogP contribution in [-0.4, -0.2) is 37.6 Å². The van der Waals surface area contributed by atoms with Crippen molar-refractivity contribution in [2.75, 3.05) is 20.3 Å². The fraction of sp³-hybridized carbons (Fsp3) is 0.462. The van der Waals surface area contributed by atoms with E-state index in [2.05, 4.69) is 26.0 Å². The maximum absolute atomic E-state index is 12.0. The molecule has 1 aromatic rings. The van der Waals surface area contributed by atoms with Crippen molar-refractivity contribution in [1.82, 2.24) is 5.32 Å². The number of rotatable bonds is 8. The number of amides is 1. The molecule has 1 aromatic carbocycles. The molecule has 0 spiro atoms. The minimum absolute atomic E-state index is 0.0252. The lowest BCUT2D eigenvalue weighted by Crippen LogP contribution is -2.26. The van der Waals surface area contributed by atoms with E-state index >= 15 is 0 Å². The van der Waals surface area contributed by atoms with Crippen LogP contribution in [0.4, 0.5) is 8.78 Å². The van der Waals surface area contributed by atoms with Gasteiger partial charge in [0.1, 0.15) is 5.75 Å². The second-order valence-electron chi connectivity index (χ2n) is 4.00. The normalized spacial score (nSPS) is 12.2. The molecule has 0 aliphatic rings. The Labute approximate surface area is 124 Å². The standard InChI is InChI=1S/C13H16BrF2NO3/c1-19-8-10(14)6-7-17-12(18)9-2-4-11(5-3-9)20-13(15)16/h2-5,10,13H,6-8H2,1H3,(H,17,18). The van der Waals surface area contributed by atoms with Crippen molar-refractivity contribution in [1.29, 1.82) is 0 Å². The molecular formula is C13H16BrF2NO3. The first-order valence-electron chi connectivity index (χ1n) is 5.99. The molecule has 112 valence electrons. The number of nitrogens with one attached hydrogen (secondary N) is 1. The third-order valence-electron chi connectivity index (χ3n) is 2.43. The highest BCUT2D eigenvalue weighted by molar-refractivity contribution is 9.09. The van der Waals surface area contributed by atoms with Crippen molar-refractivity contribution in [2.24, 2.45) is 0 Å². The molecule has 1 N–H and O–H groups in total. The van der Waals surface area contributed by atoms with Crippen LogP contribution in [0.1, 0.15) is 16.8 Å². The largest absolute Gasteiger partial charge is 0.435 e. The number of ether oxygens (including phenoxy) is 2. The molecule has 4 nitrogen and oxygen atoms in total. The predicted molar refractivity (Wildman–Crippen MR) is 74.6 cm³/mol. The third kappa shape index (κ3) is 6.29. The zero-order valence-corrected chi connectivity index (χ0v) is 12.5. The van der Waals surface area contributed by atoms with Gasteiger partial charge >= 0.3 is 6.61 Å². The van der Waals surface area contributed by atoms with E-state index in [0.717, 1.165) is 6.42 Å².